The summed E-state index contributed by atoms with van der Waals surface area (Å²) < 4.78 is 5.49. The van der Waals surface area contributed by atoms with Gasteiger partial charge in [-0.1, -0.05) is 13.8 Å². The van der Waals surface area contributed by atoms with E-state index >= 15 is 0 Å². The zero-order chi connectivity index (χ0) is 18.9. The van der Waals surface area contributed by atoms with Crippen LogP contribution in [0, 0.1) is 0 Å². The first-order valence-electron chi connectivity index (χ1n) is 9.33. The van der Waals surface area contributed by atoms with Crippen LogP contribution >= 0.6 is 11.3 Å². The third-order valence-electron chi connectivity index (χ3n) is 4.37. The van der Waals surface area contributed by atoms with Crippen molar-refractivity contribution in [3.05, 3.63) is 16.8 Å². The number of hydrogen-bond acceptors (Lipinski definition) is 6. The summed E-state index contributed by atoms with van der Waals surface area (Å²) in [5.41, 5.74) is -0.462. The molecule has 2 aromatic rings. The Hall–Kier alpha value is -1.89. The Kier molecular flexibility index (Phi) is 5.37. The number of aryl methyl sites for hydroxylation is 2. The van der Waals surface area contributed by atoms with E-state index in [0.29, 0.717) is 13.1 Å². The molecular weight excluding hydrogens is 348 g/mol. The molecule has 26 heavy (non-hydrogen) atoms. The average molecular weight is 377 g/mol. The maximum absolute atomic E-state index is 12.3. The second-order valence-corrected chi connectivity index (χ2v) is 8.67. The van der Waals surface area contributed by atoms with E-state index in [1.165, 1.54) is 4.88 Å². The van der Waals surface area contributed by atoms with Gasteiger partial charge in [-0.15, -0.1) is 11.3 Å². The number of ether oxygens (including phenoxy) is 1. The summed E-state index contributed by atoms with van der Waals surface area (Å²) in [4.78, 5) is 28.2. The molecule has 3 rings (SSSR count). The third-order valence-corrected chi connectivity index (χ3v) is 5.54. The summed E-state index contributed by atoms with van der Waals surface area (Å²) in [5.74, 6) is 1.89. The van der Waals surface area contributed by atoms with Gasteiger partial charge in [0.15, 0.2) is 0 Å². The minimum absolute atomic E-state index is 0.233. The van der Waals surface area contributed by atoms with Crippen molar-refractivity contribution in [3.63, 3.8) is 0 Å². The van der Waals surface area contributed by atoms with Crippen molar-refractivity contribution in [1.82, 2.24) is 14.9 Å². The van der Waals surface area contributed by atoms with Crippen LogP contribution < -0.4 is 4.90 Å². The van der Waals surface area contributed by atoms with Crippen molar-refractivity contribution in [2.24, 2.45) is 0 Å². The van der Waals surface area contributed by atoms with E-state index in [1.54, 1.807) is 16.2 Å². The molecule has 0 unspecified atom stereocenters. The first kappa shape index (κ1) is 18.9. The third kappa shape index (κ3) is 4.09. The van der Waals surface area contributed by atoms with Crippen molar-refractivity contribution in [2.75, 3.05) is 31.1 Å². The molecule has 2 aromatic heterocycles. The van der Waals surface area contributed by atoms with Crippen LogP contribution in [0.4, 0.5) is 10.6 Å². The first-order chi connectivity index (χ1) is 12.3. The summed E-state index contributed by atoms with van der Waals surface area (Å²) in [6, 6.07) is 2.22. The van der Waals surface area contributed by atoms with Crippen molar-refractivity contribution < 1.29 is 9.53 Å². The number of carbonyl (C=O) groups is 1. The van der Waals surface area contributed by atoms with Gasteiger partial charge in [-0.2, -0.15) is 0 Å². The fourth-order valence-electron chi connectivity index (χ4n) is 3.00. The van der Waals surface area contributed by atoms with Crippen LogP contribution in [-0.4, -0.2) is 52.7 Å². The lowest BCUT2D eigenvalue weighted by atomic mass is 10.2. The Balaban J connectivity index is 1.79. The monoisotopic (exact) mass is 376 g/mol. The number of rotatable bonds is 3. The number of thiophene rings is 1. The van der Waals surface area contributed by atoms with Crippen LogP contribution in [-0.2, 0) is 17.6 Å². The highest BCUT2D eigenvalue weighted by atomic mass is 32.1. The minimum atomic E-state index is -0.462. The number of aromatic nitrogens is 2. The number of fused-ring (bicyclic) bond motifs is 1. The summed E-state index contributed by atoms with van der Waals surface area (Å²) in [5, 5.41) is 1.13. The maximum Gasteiger partial charge on any atom is 0.410 e. The highest BCUT2D eigenvalue weighted by Crippen LogP contribution is 2.32. The normalized spacial score (nSPS) is 15.6. The van der Waals surface area contributed by atoms with Gasteiger partial charge in [0, 0.05) is 37.5 Å². The molecule has 142 valence electrons. The molecule has 1 aliphatic heterocycles. The Labute approximate surface area is 159 Å². The van der Waals surface area contributed by atoms with Crippen molar-refractivity contribution in [1.29, 1.82) is 0 Å². The van der Waals surface area contributed by atoms with Gasteiger partial charge in [-0.3, -0.25) is 0 Å². The van der Waals surface area contributed by atoms with Crippen LogP contribution in [0.3, 0.4) is 0 Å². The molecular formula is C19H28N4O2S. The Morgan fingerprint density at radius 1 is 1.15 bits per heavy atom. The molecule has 0 saturated carbocycles. The molecule has 3 heterocycles. The molecule has 0 bridgehead atoms. The van der Waals surface area contributed by atoms with E-state index in [9.17, 15) is 4.79 Å². The van der Waals surface area contributed by atoms with Crippen LogP contribution in [0.2, 0.25) is 0 Å². The maximum atomic E-state index is 12.3. The smallest absolute Gasteiger partial charge is 0.410 e. The zero-order valence-corrected chi connectivity index (χ0v) is 17.2. The number of nitrogens with zero attached hydrogens (tertiary/aromatic N) is 4. The largest absolute Gasteiger partial charge is 0.444 e. The second-order valence-electron chi connectivity index (χ2n) is 7.56. The second kappa shape index (κ2) is 7.39. The number of piperazine rings is 1. The van der Waals surface area contributed by atoms with Gasteiger partial charge in [0.05, 0.1) is 5.39 Å². The predicted molar refractivity (Wildman–Crippen MR) is 106 cm³/mol. The molecule has 0 N–H and O–H groups in total. The first-order valence-corrected chi connectivity index (χ1v) is 10.1. The standard InChI is InChI=1S/C19H28N4O2S/c1-6-13-12-14-16(20-15(7-2)21-17(14)26-13)22-8-10-23(11-9-22)18(24)25-19(3,4)5/h12H,6-11H2,1-5H3. The molecule has 7 heteroatoms. The van der Waals surface area contributed by atoms with Crippen LogP contribution in [0.25, 0.3) is 10.2 Å². The lowest BCUT2D eigenvalue weighted by Crippen LogP contribution is -2.50. The van der Waals surface area contributed by atoms with Gasteiger partial charge in [0.2, 0.25) is 0 Å². The molecule has 0 radical (unpaired) electrons. The number of amides is 1. The highest BCUT2D eigenvalue weighted by molar-refractivity contribution is 7.18. The Bertz CT molecular complexity index is 789. The van der Waals surface area contributed by atoms with Crippen molar-refractivity contribution >= 4 is 33.5 Å². The van der Waals surface area contributed by atoms with Gasteiger partial charge in [0.25, 0.3) is 0 Å². The summed E-state index contributed by atoms with van der Waals surface area (Å²) in [6.45, 7) is 12.7. The molecule has 1 amide bonds. The van der Waals surface area contributed by atoms with E-state index < -0.39 is 5.60 Å². The van der Waals surface area contributed by atoms with Crippen LogP contribution in [0.5, 0.6) is 0 Å². The molecule has 0 aliphatic carbocycles. The van der Waals surface area contributed by atoms with E-state index in [4.69, 9.17) is 14.7 Å². The topological polar surface area (TPSA) is 58.6 Å². The summed E-state index contributed by atoms with van der Waals surface area (Å²) >= 11 is 1.75. The molecule has 1 fully saturated rings. The predicted octanol–water partition coefficient (Wildman–Crippen LogP) is 3.87. The molecule has 0 atom stereocenters. The average Bonchev–Trinajstić information content (AvgIpc) is 3.02. The fourth-order valence-corrected chi connectivity index (χ4v) is 3.98. The van der Waals surface area contributed by atoms with Gasteiger partial charge in [0.1, 0.15) is 22.1 Å². The van der Waals surface area contributed by atoms with Gasteiger partial charge < -0.3 is 14.5 Å². The highest BCUT2D eigenvalue weighted by Gasteiger charge is 2.27. The van der Waals surface area contributed by atoms with E-state index in [2.05, 4.69) is 24.8 Å². The summed E-state index contributed by atoms with van der Waals surface area (Å²) in [7, 11) is 0. The van der Waals surface area contributed by atoms with E-state index in [1.807, 2.05) is 20.8 Å². The lowest BCUT2D eigenvalue weighted by Gasteiger charge is -2.36. The molecule has 0 aromatic carbocycles. The van der Waals surface area contributed by atoms with Gasteiger partial charge in [-0.05, 0) is 33.3 Å². The Morgan fingerprint density at radius 2 is 1.85 bits per heavy atom. The molecule has 6 nitrogen and oxygen atoms in total. The fraction of sp³-hybridized carbons (Fsp3) is 0.632. The Morgan fingerprint density at radius 3 is 2.42 bits per heavy atom. The zero-order valence-electron chi connectivity index (χ0n) is 16.3. The number of hydrogen-bond donors (Lipinski definition) is 0. The minimum Gasteiger partial charge on any atom is -0.444 e. The van der Waals surface area contributed by atoms with Crippen LogP contribution in [0.1, 0.15) is 45.3 Å². The van der Waals surface area contributed by atoms with Crippen molar-refractivity contribution in [2.45, 2.75) is 53.1 Å². The van der Waals surface area contributed by atoms with E-state index in [-0.39, 0.29) is 6.09 Å². The van der Waals surface area contributed by atoms with E-state index in [0.717, 1.165) is 47.8 Å². The van der Waals surface area contributed by atoms with Gasteiger partial charge >= 0.3 is 6.09 Å². The summed E-state index contributed by atoms with van der Waals surface area (Å²) in [6.07, 6.45) is 1.59. The number of carbonyl (C=O) groups excluding carboxylic acids is 1. The van der Waals surface area contributed by atoms with Crippen LogP contribution in [0.15, 0.2) is 6.07 Å². The molecule has 1 saturated heterocycles. The SMILES string of the molecule is CCc1nc(N2CCN(C(=O)OC(C)(C)C)CC2)c2cc(CC)sc2n1. The van der Waals surface area contributed by atoms with Gasteiger partial charge in [-0.25, -0.2) is 14.8 Å². The number of anilines is 1. The van der Waals surface area contributed by atoms with Crippen molar-refractivity contribution in [3.8, 4) is 0 Å². The quantitative estimate of drug-likeness (QED) is 0.814. The molecule has 1 aliphatic rings. The molecule has 0 spiro atoms. The lowest BCUT2D eigenvalue weighted by molar-refractivity contribution is 0.0240.